The van der Waals surface area contributed by atoms with Gasteiger partial charge in [0.2, 0.25) is 5.91 Å². The van der Waals surface area contributed by atoms with Crippen LogP contribution in [-0.4, -0.2) is 31.9 Å². The summed E-state index contributed by atoms with van der Waals surface area (Å²) in [6.07, 6.45) is 5.59. The number of aromatic nitrogens is 4. The average molecular weight is 263 g/mol. The molecule has 7 heteroatoms. The first kappa shape index (κ1) is 11.3. The van der Waals surface area contributed by atoms with Crippen LogP contribution in [0.4, 0.5) is 5.13 Å². The minimum Gasteiger partial charge on any atom is -0.285 e. The Morgan fingerprint density at radius 1 is 1.61 bits per heavy atom. The molecule has 1 saturated carbocycles. The van der Waals surface area contributed by atoms with Gasteiger partial charge in [-0.2, -0.15) is 0 Å². The van der Waals surface area contributed by atoms with E-state index in [9.17, 15) is 4.79 Å². The van der Waals surface area contributed by atoms with E-state index in [4.69, 9.17) is 0 Å². The SMILES string of the molecule is CC(=O)N(c1nc(Cn2ccnn2)cs1)C1CC1. The lowest BCUT2D eigenvalue weighted by atomic mass is 10.5. The molecule has 18 heavy (non-hydrogen) atoms. The number of amides is 1. The van der Waals surface area contributed by atoms with E-state index in [0.29, 0.717) is 12.6 Å². The zero-order chi connectivity index (χ0) is 12.5. The average Bonchev–Trinajstić information content (AvgIpc) is 2.85. The number of thiazole rings is 1. The van der Waals surface area contributed by atoms with Crippen molar-refractivity contribution in [2.75, 3.05) is 4.90 Å². The summed E-state index contributed by atoms with van der Waals surface area (Å²) in [4.78, 5) is 17.9. The third-order valence-electron chi connectivity index (χ3n) is 2.79. The molecule has 2 heterocycles. The monoisotopic (exact) mass is 263 g/mol. The lowest BCUT2D eigenvalue weighted by Crippen LogP contribution is -2.30. The lowest BCUT2D eigenvalue weighted by Gasteiger charge is -2.16. The van der Waals surface area contributed by atoms with Crippen LogP contribution in [-0.2, 0) is 11.3 Å². The maximum Gasteiger partial charge on any atom is 0.225 e. The lowest BCUT2D eigenvalue weighted by molar-refractivity contribution is -0.116. The number of rotatable bonds is 4. The third kappa shape index (κ3) is 2.26. The molecule has 0 radical (unpaired) electrons. The number of nitrogens with zero attached hydrogens (tertiary/aromatic N) is 5. The molecule has 6 nitrogen and oxygen atoms in total. The van der Waals surface area contributed by atoms with Gasteiger partial charge in [-0.05, 0) is 12.8 Å². The van der Waals surface area contributed by atoms with Gasteiger partial charge in [-0.15, -0.1) is 16.4 Å². The summed E-state index contributed by atoms with van der Waals surface area (Å²) in [5.74, 6) is 0.0687. The Balaban J connectivity index is 1.77. The Bertz CT molecular complexity index is 546. The number of carbonyl (C=O) groups excluding carboxylic acids is 1. The first-order chi connectivity index (χ1) is 8.74. The van der Waals surface area contributed by atoms with E-state index in [1.54, 1.807) is 28.9 Å². The van der Waals surface area contributed by atoms with Crippen LogP contribution < -0.4 is 4.90 Å². The van der Waals surface area contributed by atoms with E-state index >= 15 is 0 Å². The highest BCUT2D eigenvalue weighted by Gasteiger charge is 2.33. The highest BCUT2D eigenvalue weighted by molar-refractivity contribution is 7.14. The first-order valence-electron chi connectivity index (χ1n) is 5.82. The molecule has 1 amide bonds. The predicted octanol–water partition coefficient (Wildman–Crippen LogP) is 1.30. The summed E-state index contributed by atoms with van der Waals surface area (Å²) in [6, 6.07) is 0.355. The van der Waals surface area contributed by atoms with Crippen molar-refractivity contribution < 1.29 is 4.79 Å². The summed E-state index contributed by atoms with van der Waals surface area (Å²) in [6.45, 7) is 2.18. The zero-order valence-corrected chi connectivity index (χ0v) is 10.8. The molecule has 0 aliphatic heterocycles. The van der Waals surface area contributed by atoms with E-state index in [-0.39, 0.29) is 5.91 Å². The molecule has 2 aromatic heterocycles. The van der Waals surface area contributed by atoms with Gasteiger partial charge in [0.1, 0.15) is 0 Å². The Hall–Kier alpha value is -1.76. The van der Waals surface area contributed by atoms with Crippen LogP contribution in [0.1, 0.15) is 25.5 Å². The number of anilines is 1. The van der Waals surface area contributed by atoms with Crippen LogP contribution in [0.15, 0.2) is 17.8 Å². The third-order valence-corrected chi connectivity index (χ3v) is 3.68. The zero-order valence-electron chi connectivity index (χ0n) is 9.98. The van der Waals surface area contributed by atoms with E-state index < -0.39 is 0 Å². The molecule has 0 N–H and O–H groups in total. The van der Waals surface area contributed by atoms with Crippen LogP contribution in [0.5, 0.6) is 0 Å². The van der Waals surface area contributed by atoms with Gasteiger partial charge in [-0.3, -0.25) is 9.69 Å². The van der Waals surface area contributed by atoms with Crippen LogP contribution in [0.2, 0.25) is 0 Å². The fourth-order valence-corrected chi connectivity index (χ4v) is 2.77. The molecule has 0 spiro atoms. The van der Waals surface area contributed by atoms with Gasteiger partial charge < -0.3 is 0 Å². The van der Waals surface area contributed by atoms with E-state index in [2.05, 4.69) is 15.3 Å². The van der Waals surface area contributed by atoms with Gasteiger partial charge in [0.15, 0.2) is 5.13 Å². The van der Waals surface area contributed by atoms with Crippen molar-refractivity contribution in [3.05, 3.63) is 23.5 Å². The molecule has 94 valence electrons. The molecule has 3 rings (SSSR count). The quantitative estimate of drug-likeness (QED) is 0.834. The molecule has 0 bridgehead atoms. The second-order valence-electron chi connectivity index (χ2n) is 4.34. The molecule has 0 atom stereocenters. The number of hydrogen-bond donors (Lipinski definition) is 0. The first-order valence-corrected chi connectivity index (χ1v) is 6.70. The highest BCUT2D eigenvalue weighted by Crippen LogP contribution is 2.33. The second-order valence-corrected chi connectivity index (χ2v) is 5.18. The summed E-state index contributed by atoms with van der Waals surface area (Å²) >= 11 is 1.51. The van der Waals surface area contributed by atoms with E-state index in [1.807, 2.05) is 5.38 Å². The van der Waals surface area contributed by atoms with Crippen molar-refractivity contribution in [1.29, 1.82) is 0 Å². The molecule has 2 aromatic rings. The maximum atomic E-state index is 11.6. The van der Waals surface area contributed by atoms with Gasteiger partial charge >= 0.3 is 0 Å². The summed E-state index contributed by atoms with van der Waals surface area (Å²) in [7, 11) is 0. The van der Waals surface area contributed by atoms with Crippen molar-refractivity contribution in [2.45, 2.75) is 32.4 Å². The predicted molar refractivity (Wildman–Crippen MR) is 67.4 cm³/mol. The van der Waals surface area contributed by atoms with E-state index in [1.165, 1.54) is 11.3 Å². The summed E-state index contributed by atoms with van der Waals surface area (Å²) in [5.41, 5.74) is 0.910. The molecule has 0 unspecified atom stereocenters. The van der Waals surface area contributed by atoms with Gasteiger partial charge in [0, 0.05) is 24.5 Å². The smallest absolute Gasteiger partial charge is 0.225 e. The fourth-order valence-electron chi connectivity index (χ4n) is 1.84. The standard InChI is InChI=1S/C11H13N5OS/c1-8(17)16(10-2-3-10)11-13-9(7-18-11)6-15-5-4-12-14-15/h4-5,7,10H,2-3,6H2,1H3. The Morgan fingerprint density at radius 3 is 3.06 bits per heavy atom. The van der Waals surface area contributed by atoms with Crippen molar-refractivity contribution in [1.82, 2.24) is 20.0 Å². The second kappa shape index (κ2) is 4.49. The van der Waals surface area contributed by atoms with Crippen LogP contribution >= 0.6 is 11.3 Å². The van der Waals surface area contributed by atoms with Gasteiger partial charge in [-0.1, -0.05) is 5.21 Å². The van der Waals surface area contributed by atoms with Gasteiger partial charge in [-0.25, -0.2) is 9.67 Å². The minimum absolute atomic E-state index is 0.0687. The fraction of sp³-hybridized carbons (Fsp3) is 0.455. The summed E-state index contributed by atoms with van der Waals surface area (Å²) < 4.78 is 1.72. The molecule has 0 aromatic carbocycles. The molecular formula is C11H13N5OS. The molecule has 1 fully saturated rings. The van der Waals surface area contributed by atoms with Crippen LogP contribution in [0.3, 0.4) is 0 Å². The van der Waals surface area contributed by atoms with Gasteiger partial charge in [0.25, 0.3) is 0 Å². The van der Waals surface area contributed by atoms with Crippen LogP contribution in [0, 0.1) is 0 Å². The Labute approximate surface area is 108 Å². The topological polar surface area (TPSA) is 63.9 Å². The van der Waals surface area contributed by atoms with Crippen molar-refractivity contribution in [3.63, 3.8) is 0 Å². The largest absolute Gasteiger partial charge is 0.285 e. The van der Waals surface area contributed by atoms with E-state index in [0.717, 1.165) is 23.7 Å². The summed E-state index contributed by atoms with van der Waals surface area (Å²) in [5, 5.41) is 10.4. The minimum atomic E-state index is 0.0687. The number of carbonyl (C=O) groups is 1. The molecular weight excluding hydrogens is 250 g/mol. The number of hydrogen-bond acceptors (Lipinski definition) is 5. The highest BCUT2D eigenvalue weighted by atomic mass is 32.1. The van der Waals surface area contributed by atoms with Crippen molar-refractivity contribution in [3.8, 4) is 0 Å². The van der Waals surface area contributed by atoms with Crippen LogP contribution in [0.25, 0.3) is 0 Å². The normalized spacial score (nSPS) is 14.7. The Kier molecular flexibility index (Phi) is 2.83. The molecule has 0 saturated heterocycles. The maximum absolute atomic E-state index is 11.6. The van der Waals surface area contributed by atoms with Gasteiger partial charge in [0.05, 0.1) is 18.4 Å². The van der Waals surface area contributed by atoms with Crippen molar-refractivity contribution >= 4 is 22.4 Å². The van der Waals surface area contributed by atoms with Crippen molar-refractivity contribution in [2.24, 2.45) is 0 Å². The molecule has 1 aliphatic carbocycles. The Morgan fingerprint density at radius 2 is 2.44 bits per heavy atom. The molecule has 1 aliphatic rings.